The van der Waals surface area contributed by atoms with Gasteiger partial charge in [0.25, 0.3) is 0 Å². The van der Waals surface area contributed by atoms with Crippen molar-refractivity contribution in [3.63, 3.8) is 0 Å². The van der Waals surface area contributed by atoms with E-state index in [2.05, 4.69) is 10.3 Å². The van der Waals surface area contributed by atoms with Crippen molar-refractivity contribution in [2.24, 2.45) is 0 Å². The Kier molecular flexibility index (Phi) is 8.36. The molecule has 9 nitrogen and oxygen atoms in total. The van der Waals surface area contributed by atoms with Gasteiger partial charge in [-0.05, 0) is 77.9 Å². The number of aromatic nitrogens is 3. The zero-order valence-corrected chi connectivity index (χ0v) is 24.1. The molecule has 0 aliphatic heterocycles. The Morgan fingerprint density at radius 1 is 0.867 bits per heavy atom. The van der Waals surface area contributed by atoms with Crippen molar-refractivity contribution in [1.82, 2.24) is 14.8 Å². The highest BCUT2D eigenvalue weighted by Gasteiger charge is 2.18. The first-order valence-corrected chi connectivity index (χ1v) is 13.9. The highest BCUT2D eigenvalue weighted by atomic mass is 19.1. The highest BCUT2D eigenvalue weighted by molar-refractivity contribution is 5.95. The van der Waals surface area contributed by atoms with E-state index in [1.807, 2.05) is 78.9 Å². The average molecular weight is 603 g/mol. The van der Waals surface area contributed by atoms with Gasteiger partial charge in [0.15, 0.2) is 11.5 Å². The van der Waals surface area contributed by atoms with Crippen molar-refractivity contribution in [2.75, 3.05) is 12.4 Å². The van der Waals surface area contributed by atoms with Crippen LogP contribution in [0.5, 0.6) is 28.7 Å². The molecule has 0 saturated heterocycles. The molecule has 0 aliphatic rings. The van der Waals surface area contributed by atoms with Gasteiger partial charge in [-0.3, -0.25) is 0 Å². The topological polar surface area (TPSA) is 108 Å². The molecule has 0 spiro atoms. The van der Waals surface area contributed by atoms with Crippen molar-refractivity contribution >= 4 is 34.6 Å². The molecule has 6 rings (SSSR count). The van der Waals surface area contributed by atoms with Crippen molar-refractivity contribution in [3.05, 3.63) is 132 Å². The van der Waals surface area contributed by atoms with Crippen LogP contribution in [0.1, 0.15) is 11.1 Å². The van der Waals surface area contributed by atoms with Crippen LogP contribution in [0.15, 0.2) is 121 Å². The van der Waals surface area contributed by atoms with Crippen LogP contribution >= 0.6 is 0 Å². The first kappa shape index (κ1) is 28.9. The lowest BCUT2D eigenvalue weighted by molar-refractivity contribution is -0.134. The summed E-state index contributed by atoms with van der Waals surface area (Å²) < 4.78 is 33.1. The van der Waals surface area contributed by atoms with Gasteiger partial charge in [0.1, 0.15) is 34.1 Å². The van der Waals surface area contributed by atoms with Crippen LogP contribution in [-0.4, -0.2) is 33.0 Å². The van der Waals surface area contributed by atoms with E-state index < -0.39 is 11.8 Å². The number of nitrogens with one attached hydrogen (secondary N) is 1. The third kappa shape index (κ3) is 6.91. The summed E-state index contributed by atoms with van der Waals surface area (Å²) in [5.74, 6) is 0.773. The van der Waals surface area contributed by atoms with E-state index in [1.54, 1.807) is 48.3 Å². The first-order valence-electron chi connectivity index (χ1n) is 13.9. The summed E-state index contributed by atoms with van der Waals surface area (Å²) in [5, 5.41) is 17.7. The zero-order chi connectivity index (χ0) is 31.2. The normalized spacial score (nSPS) is 11.3. The monoisotopic (exact) mass is 602 g/mol. The van der Waals surface area contributed by atoms with Crippen molar-refractivity contribution < 1.29 is 28.5 Å². The maximum absolute atomic E-state index is 13.8. The van der Waals surface area contributed by atoms with Gasteiger partial charge < -0.3 is 24.6 Å². The lowest BCUT2D eigenvalue weighted by atomic mass is 10.1. The maximum Gasteiger partial charge on any atom is 0.364 e. The van der Waals surface area contributed by atoms with Crippen molar-refractivity contribution in [3.8, 4) is 28.7 Å². The number of hydrogen-bond acceptors (Lipinski definition) is 7. The molecule has 45 heavy (non-hydrogen) atoms. The minimum absolute atomic E-state index is 0.370. The molecular formula is C35H27FN4O5. The largest absolute Gasteiger partial charge is 0.497 e. The van der Waals surface area contributed by atoms with E-state index in [1.165, 1.54) is 0 Å². The maximum atomic E-state index is 13.8. The standard InChI is InChI=1S/C35H27FN4O5/c1-43-26-12-10-23(11-13-26)22-40-34-32(33(39-40)38-25-7-5-6-24(20-25)21-30(36)35(41)42)31(18-19-37-34)45-29-16-14-28(15-17-29)44-27-8-3-2-4-9-27/h2-21H,22H2,1H3,(H,38,39)(H,41,42)/b30-21+. The van der Waals surface area contributed by atoms with Crippen LogP contribution < -0.4 is 19.5 Å². The van der Waals surface area contributed by atoms with Crippen molar-refractivity contribution in [2.45, 2.75) is 6.54 Å². The van der Waals surface area contributed by atoms with Gasteiger partial charge in [-0.2, -0.15) is 9.49 Å². The van der Waals surface area contributed by atoms with Crippen LogP contribution in [-0.2, 0) is 11.3 Å². The lowest BCUT2D eigenvalue weighted by Crippen LogP contribution is -2.03. The molecule has 10 heteroatoms. The molecule has 0 bridgehead atoms. The van der Waals surface area contributed by atoms with Gasteiger partial charge in [-0.25, -0.2) is 14.5 Å². The van der Waals surface area contributed by atoms with Crippen molar-refractivity contribution in [1.29, 1.82) is 0 Å². The second-order valence-corrected chi connectivity index (χ2v) is 9.90. The first-order chi connectivity index (χ1) is 21.9. The van der Waals surface area contributed by atoms with E-state index in [-0.39, 0.29) is 0 Å². The van der Waals surface area contributed by atoms with Gasteiger partial charge in [-0.15, -0.1) is 0 Å². The quantitative estimate of drug-likeness (QED) is 0.143. The Labute approximate surface area is 257 Å². The molecule has 6 aromatic rings. The fourth-order valence-corrected chi connectivity index (χ4v) is 4.63. The summed E-state index contributed by atoms with van der Waals surface area (Å²) >= 11 is 0. The van der Waals surface area contributed by atoms with Crippen LogP contribution in [0.25, 0.3) is 17.1 Å². The number of benzene rings is 4. The number of anilines is 2. The third-order valence-corrected chi connectivity index (χ3v) is 6.76. The lowest BCUT2D eigenvalue weighted by Gasteiger charge is -2.10. The Balaban J connectivity index is 1.35. The number of hydrogen-bond donors (Lipinski definition) is 2. The number of methoxy groups -OCH3 is 1. The SMILES string of the molecule is COc1ccc(Cn2nc(Nc3cccc(/C=C(/F)C(=O)O)c3)c3c(Oc4ccc(Oc5ccccc5)cc4)ccnc32)cc1. The number of nitrogens with zero attached hydrogens (tertiary/aromatic N) is 3. The second-order valence-electron chi connectivity index (χ2n) is 9.90. The zero-order valence-electron chi connectivity index (χ0n) is 24.1. The summed E-state index contributed by atoms with van der Waals surface area (Å²) in [4.78, 5) is 15.6. The van der Waals surface area contributed by atoms with Gasteiger partial charge in [0, 0.05) is 18.0 Å². The van der Waals surface area contributed by atoms with Gasteiger partial charge >= 0.3 is 5.97 Å². The fraction of sp³-hybridized carbons (Fsp3) is 0.0571. The smallest absolute Gasteiger partial charge is 0.364 e. The number of fused-ring (bicyclic) bond motifs is 1. The number of halogens is 1. The van der Waals surface area contributed by atoms with Gasteiger partial charge in [0.05, 0.1) is 13.7 Å². The molecule has 0 amide bonds. The number of carboxylic acids is 1. The van der Waals surface area contributed by atoms with E-state index in [0.29, 0.717) is 51.9 Å². The molecule has 2 heterocycles. The van der Waals surface area contributed by atoms with Crippen LogP contribution in [0.4, 0.5) is 15.9 Å². The Bertz CT molecular complexity index is 1970. The summed E-state index contributed by atoms with van der Waals surface area (Å²) in [7, 11) is 1.62. The second kappa shape index (κ2) is 13.0. The van der Waals surface area contributed by atoms with E-state index in [4.69, 9.17) is 24.4 Å². The average Bonchev–Trinajstić information content (AvgIpc) is 3.40. The van der Waals surface area contributed by atoms with E-state index >= 15 is 0 Å². The number of ether oxygens (including phenoxy) is 3. The molecule has 0 radical (unpaired) electrons. The minimum atomic E-state index is -1.64. The fourth-order valence-electron chi connectivity index (χ4n) is 4.63. The number of rotatable bonds is 11. The molecule has 2 N–H and O–H groups in total. The molecule has 0 unspecified atom stereocenters. The molecule has 0 saturated carbocycles. The molecule has 224 valence electrons. The Morgan fingerprint density at radius 2 is 1.56 bits per heavy atom. The molecule has 0 aliphatic carbocycles. The molecule has 0 atom stereocenters. The van der Waals surface area contributed by atoms with E-state index in [0.717, 1.165) is 23.1 Å². The molecular weight excluding hydrogens is 575 g/mol. The Hall–Kier alpha value is -6.16. The number of carboxylic acid groups (broad SMARTS) is 1. The number of carbonyl (C=O) groups is 1. The number of para-hydroxylation sites is 1. The molecule has 2 aromatic heterocycles. The molecule has 0 fully saturated rings. The Morgan fingerprint density at radius 3 is 2.27 bits per heavy atom. The van der Waals surface area contributed by atoms with Gasteiger partial charge in [-0.1, -0.05) is 42.5 Å². The summed E-state index contributed by atoms with van der Waals surface area (Å²) in [6.45, 7) is 0.413. The predicted octanol–water partition coefficient (Wildman–Crippen LogP) is 8.21. The summed E-state index contributed by atoms with van der Waals surface area (Å²) in [6.07, 6.45) is 2.61. The van der Waals surface area contributed by atoms with Gasteiger partial charge in [0.2, 0.25) is 5.83 Å². The predicted molar refractivity (Wildman–Crippen MR) is 169 cm³/mol. The van der Waals surface area contributed by atoms with Crippen LogP contribution in [0.3, 0.4) is 0 Å². The highest BCUT2D eigenvalue weighted by Crippen LogP contribution is 2.36. The molecule has 4 aromatic carbocycles. The summed E-state index contributed by atoms with van der Waals surface area (Å²) in [5.41, 5.74) is 2.48. The minimum Gasteiger partial charge on any atom is -0.497 e. The number of pyridine rings is 1. The van der Waals surface area contributed by atoms with Crippen LogP contribution in [0, 0.1) is 0 Å². The number of aliphatic carboxylic acids is 1. The van der Waals surface area contributed by atoms with Crippen LogP contribution in [0.2, 0.25) is 0 Å². The third-order valence-electron chi connectivity index (χ3n) is 6.76. The van der Waals surface area contributed by atoms with E-state index in [9.17, 15) is 9.18 Å². The summed E-state index contributed by atoms with van der Waals surface area (Å²) in [6, 6.07) is 32.9.